The van der Waals surface area contributed by atoms with E-state index in [0.29, 0.717) is 18.9 Å². The zero-order valence-corrected chi connectivity index (χ0v) is 15.9. The molecule has 0 radical (unpaired) electrons. The van der Waals surface area contributed by atoms with Crippen molar-refractivity contribution in [3.8, 4) is 0 Å². The lowest BCUT2D eigenvalue weighted by Gasteiger charge is -2.36. The van der Waals surface area contributed by atoms with Crippen LogP contribution in [-0.4, -0.2) is 43.2 Å². The largest absolute Gasteiger partial charge is 0.358 e. The maximum atomic E-state index is 8.45. The fourth-order valence-electron chi connectivity index (χ4n) is 3.76. The smallest absolute Gasteiger partial charge is 0.171 e. The molecular weight excluding hydrogens is 348 g/mol. The number of benzene rings is 1. The number of allylic oxidation sites excluding steroid dienone is 2. The summed E-state index contributed by atoms with van der Waals surface area (Å²) in [6.45, 7) is 3.58. The summed E-state index contributed by atoms with van der Waals surface area (Å²) in [6, 6.07) is 10.2. The number of halogens is 1. The van der Waals surface area contributed by atoms with Gasteiger partial charge in [0.25, 0.3) is 0 Å². The molecule has 0 saturated carbocycles. The van der Waals surface area contributed by atoms with Gasteiger partial charge in [0.15, 0.2) is 5.06 Å². The second-order valence-corrected chi connectivity index (χ2v) is 7.62. The summed E-state index contributed by atoms with van der Waals surface area (Å²) in [5.74, 6) is 0.512. The van der Waals surface area contributed by atoms with E-state index in [4.69, 9.17) is 21.9 Å². The van der Waals surface area contributed by atoms with E-state index in [9.17, 15) is 0 Å². The lowest BCUT2D eigenvalue weighted by molar-refractivity contribution is 0.108. The number of hydrogen-bond acceptors (Lipinski definition) is 3. The number of hydrogen-bond donors (Lipinski definition) is 0. The van der Waals surface area contributed by atoms with Crippen LogP contribution in [0.1, 0.15) is 24.8 Å². The van der Waals surface area contributed by atoms with Gasteiger partial charge in [-0.2, -0.15) is 0 Å². The van der Waals surface area contributed by atoms with Crippen molar-refractivity contribution in [3.05, 3.63) is 64.1 Å². The number of nitrogens with zero attached hydrogens (tertiary/aromatic N) is 4. The van der Waals surface area contributed by atoms with Gasteiger partial charge >= 0.3 is 0 Å². The van der Waals surface area contributed by atoms with Crippen LogP contribution in [0.3, 0.4) is 0 Å². The number of ether oxygens (including phenoxy) is 1. The molecule has 5 nitrogen and oxygen atoms in total. The van der Waals surface area contributed by atoms with E-state index in [1.807, 2.05) is 18.2 Å². The molecule has 0 bridgehead atoms. The lowest BCUT2D eigenvalue weighted by atomic mass is 9.89. The molecule has 1 aliphatic heterocycles. The summed E-state index contributed by atoms with van der Waals surface area (Å²) in [4.78, 5) is 5.32. The Morgan fingerprint density at radius 1 is 1.27 bits per heavy atom. The third-order valence-electron chi connectivity index (χ3n) is 5.29. The topological polar surface area (TPSA) is 61.2 Å². The van der Waals surface area contributed by atoms with E-state index in [2.05, 4.69) is 39.2 Å². The van der Waals surface area contributed by atoms with E-state index in [0.717, 1.165) is 43.6 Å². The molecule has 0 spiro atoms. The van der Waals surface area contributed by atoms with Crippen molar-refractivity contribution in [2.45, 2.75) is 24.3 Å². The Hall–Kier alpha value is -1.78. The van der Waals surface area contributed by atoms with E-state index < -0.39 is 5.06 Å². The van der Waals surface area contributed by atoms with Crippen LogP contribution in [0.25, 0.3) is 16.0 Å². The molecule has 1 heterocycles. The Balaban J connectivity index is 1.66. The molecule has 1 aromatic carbocycles. The minimum atomic E-state index is -0.814. The molecule has 1 fully saturated rings. The Labute approximate surface area is 159 Å². The van der Waals surface area contributed by atoms with Crippen molar-refractivity contribution in [3.63, 3.8) is 0 Å². The summed E-state index contributed by atoms with van der Waals surface area (Å²) in [6.07, 6.45) is 7.12. The van der Waals surface area contributed by atoms with Crippen LogP contribution < -0.4 is 0 Å². The fraction of sp³-hybridized carbons (Fsp3) is 0.500. The number of rotatable bonds is 6. The fourth-order valence-corrected chi connectivity index (χ4v) is 4.10. The zero-order valence-electron chi connectivity index (χ0n) is 15.1. The maximum absolute atomic E-state index is 8.45. The van der Waals surface area contributed by atoms with Crippen LogP contribution in [0.4, 0.5) is 0 Å². The minimum Gasteiger partial charge on any atom is -0.358 e. The number of methoxy groups -OCH3 is 1. The Morgan fingerprint density at radius 2 is 2.00 bits per heavy atom. The van der Waals surface area contributed by atoms with Gasteiger partial charge in [0.2, 0.25) is 0 Å². The molecule has 1 aliphatic carbocycles. The quantitative estimate of drug-likeness (QED) is 0.305. The average molecular weight is 373 g/mol. The van der Waals surface area contributed by atoms with E-state index >= 15 is 0 Å². The predicted molar refractivity (Wildman–Crippen MR) is 106 cm³/mol. The standard InChI is InChI=1S/C20H25ClN4O/c1-26-20(21)13-17(7-8-19(20)18-5-3-2-4-6-18)15-25-11-9-16(10-12-25)14-23-24-22/h2-8,16H,9-15H2,1H3. The molecule has 0 N–H and O–H groups in total. The monoisotopic (exact) mass is 372 g/mol. The molecule has 6 heteroatoms. The van der Waals surface area contributed by atoms with Crippen LogP contribution in [0.15, 0.2) is 53.2 Å². The van der Waals surface area contributed by atoms with Crippen LogP contribution in [0.2, 0.25) is 0 Å². The van der Waals surface area contributed by atoms with Gasteiger partial charge in [-0.25, -0.2) is 0 Å². The molecule has 138 valence electrons. The van der Waals surface area contributed by atoms with Gasteiger partial charge < -0.3 is 4.74 Å². The van der Waals surface area contributed by atoms with Crippen LogP contribution in [0, 0.1) is 5.92 Å². The van der Waals surface area contributed by atoms with Gasteiger partial charge in [0.05, 0.1) is 0 Å². The predicted octanol–water partition coefficient (Wildman–Crippen LogP) is 5.00. The molecule has 26 heavy (non-hydrogen) atoms. The molecule has 3 rings (SSSR count). The van der Waals surface area contributed by atoms with E-state index in [1.165, 1.54) is 5.57 Å². The highest BCUT2D eigenvalue weighted by Gasteiger charge is 2.36. The minimum absolute atomic E-state index is 0.512. The van der Waals surface area contributed by atoms with Crippen molar-refractivity contribution in [2.75, 3.05) is 33.3 Å². The highest BCUT2D eigenvalue weighted by molar-refractivity contribution is 6.29. The molecule has 1 aromatic rings. The lowest BCUT2D eigenvalue weighted by Crippen LogP contribution is -2.38. The number of piperidine rings is 1. The van der Waals surface area contributed by atoms with Crippen molar-refractivity contribution in [1.82, 2.24) is 4.90 Å². The van der Waals surface area contributed by atoms with Crippen molar-refractivity contribution >= 4 is 17.2 Å². The zero-order chi connectivity index (χ0) is 18.4. The number of alkyl halides is 1. The van der Waals surface area contributed by atoms with Gasteiger partial charge in [-0.15, -0.1) is 0 Å². The van der Waals surface area contributed by atoms with Gasteiger partial charge in [-0.1, -0.05) is 64.8 Å². The molecule has 1 atom stereocenters. The van der Waals surface area contributed by atoms with Crippen molar-refractivity contribution in [2.24, 2.45) is 11.0 Å². The van der Waals surface area contributed by atoms with E-state index in [-0.39, 0.29) is 0 Å². The highest BCUT2D eigenvalue weighted by atomic mass is 35.5. The maximum Gasteiger partial charge on any atom is 0.171 e. The van der Waals surface area contributed by atoms with Crippen LogP contribution in [-0.2, 0) is 4.74 Å². The third kappa shape index (κ3) is 4.49. The van der Waals surface area contributed by atoms with Gasteiger partial charge in [-0.05, 0) is 42.9 Å². The molecular formula is C20H25ClN4O. The first kappa shape index (κ1) is 19.0. The van der Waals surface area contributed by atoms with Gasteiger partial charge in [0, 0.05) is 37.1 Å². The summed E-state index contributed by atoms with van der Waals surface area (Å²) in [5, 5.41) is 2.90. The summed E-state index contributed by atoms with van der Waals surface area (Å²) >= 11 is 6.86. The molecule has 0 aromatic heterocycles. The van der Waals surface area contributed by atoms with Crippen molar-refractivity contribution in [1.29, 1.82) is 0 Å². The Kier molecular flexibility index (Phi) is 6.38. The SMILES string of the molecule is COC1(Cl)CC(CN2CCC(CN=[N+]=[N-])CC2)=CC=C1c1ccccc1. The summed E-state index contributed by atoms with van der Waals surface area (Å²) in [5.41, 5.74) is 11.8. The average Bonchev–Trinajstić information content (AvgIpc) is 2.68. The molecule has 0 amide bonds. The third-order valence-corrected chi connectivity index (χ3v) is 5.78. The Bertz CT molecular complexity index is 719. The second kappa shape index (κ2) is 8.74. The number of likely N-dealkylation sites (tertiary alicyclic amines) is 1. The molecule has 2 aliphatic rings. The Morgan fingerprint density at radius 3 is 2.65 bits per heavy atom. The first-order chi connectivity index (χ1) is 12.6. The first-order valence-electron chi connectivity index (χ1n) is 9.07. The first-order valence-corrected chi connectivity index (χ1v) is 9.45. The number of azide groups is 1. The van der Waals surface area contributed by atoms with Crippen molar-refractivity contribution < 1.29 is 4.74 Å². The van der Waals surface area contributed by atoms with Gasteiger partial charge in [0.1, 0.15) is 0 Å². The normalized spacial score (nSPS) is 24.5. The summed E-state index contributed by atoms with van der Waals surface area (Å²) in [7, 11) is 1.67. The van der Waals surface area contributed by atoms with Gasteiger partial charge in [-0.3, -0.25) is 4.90 Å². The second-order valence-electron chi connectivity index (χ2n) is 7.01. The van der Waals surface area contributed by atoms with E-state index in [1.54, 1.807) is 7.11 Å². The summed E-state index contributed by atoms with van der Waals surface area (Å²) < 4.78 is 5.72. The van der Waals surface area contributed by atoms with Crippen LogP contribution >= 0.6 is 11.6 Å². The van der Waals surface area contributed by atoms with Crippen LogP contribution in [0.5, 0.6) is 0 Å². The molecule has 1 saturated heterocycles. The molecule has 1 unspecified atom stereocenters. The highest BCUT2D eigenvalue weighted by Crippen LogP contribution is 2.42.